The molecule has 1 atom stereocenters. The van der Waals surface area contributed by atoms with E-state index >= 15 is 0 Å². The van der Waals surface area contributed by atoms with Crippen molar-refractivity contribution in [1.29, 1.82) is 0 Å². The number of nitrogens with zero attached hydrogens (tertiary/aromatic N) is 3. The van der Waals surface area contributed by atoms with Crippen LogP contribution in [-0.2, 0) is 0 Å². The van der Waals surface area contributed by atoms with Crippen LogP contribution in [0.3, 0.4) is 0 Å². The first-order valence-corrected chi connectivity index (χ1v) is 10.8. The summed E-state index contributed by atoms with van der Waals surface area (Å²) in [4.78, 5) is 12.9. The van der Waals surface area contributed by atoms with Crippen molar-refractivity contribution in [1.82, 2.24) is 25.6 Å². The van der Waals surface area contributed by atoms with E-state index in [2.05, 4.69) is 33.1 Å². The molecule has 1 aliphatic carbocycles. The van der Waals surface area contributed by atoms with Crippen LogP contribution in [-0.4, -0.2) is 34.0 Å². The van der Waals surface area contributed by atoms with Gasteiger partial charge in [0.05, 0.1) is 18.3 Å². The van der Waals surface area contributed by atoms with Gasteiger partial charge in [-0.05, 0) is 43.8 Å². The zero-order valence-corrected chi connectivity index (χ0v) is 17.7. The highest BCUT2D eigenvalue weighted by Crippen LogP contribution is 2.32. The summed E-state index contributed by atoms with van der Waals surface area (Å²) >= 11 is 0. The van der Waals surface area contributed by atoms with E-state index in [4.69, 9.17) is 0 Å². The van der Waals surface area contributed by atoms with Crippen molar-refractivity contribution in [3.05, 3.63) is 47.8 Å². The first kappa shape index (κ1) is 21.8. The van der Waals surface area contributed by atoms with Crippen molar-refractivity contribution in [2.75, 3.05) is 13.1 Å². The molecule has 6 nitrogen and oxygen atoms in total. The molecule has 29 heavy (non-hydrogen) atoms. The molecule has 1 amide bonds. The molecule has 1 saturated heterocycles. The summed E-state index contributed by atoms with van der Waals surface area (Å²) < 4.78 is 1.87. The van der Waals surface area contributed by atoms with E-state index in [-0.39, 0.29) is 24.4 Å². The van der Waals surface area contributed by atoms with Crippen LogP contribution in [0, 0.1) is 5.92 Å². The first-order chi connectivity index (χ1) is 13.8. The maximum absolute atomic E-state index is 12.9. The molecule has 1 saturated carbocycles. The molecule has 1 aliphatic heterocycles. The van der Waals surface area contributed by atoms with E-state index in [9.17, 15) is 4.79 Å². The number of hydrogen-bond donors (Lipinski definition) is 2. The molecule has 2 fully saturated rings. The van der Waals surface area contributed by atoms with Gasteiger partial charge in [-0.25, -0.2) is 4.68 Å². The van der Waals surface area contributed by atoms with E-state index in [0.29, 0.717) is 17.7 Å². The lowest BCUT2D eigenvalue weighted by atomic mass is 9.83. The molecule has 4 rings (SSSR count). The van der Waals surface area contributed by atoms with Crippen LogP contribution < -0.4 is 10.6 Å². The van der Waals surface area contributed by atoms with Gasteiger partial charge in [0.15, 0.2) is 5.69 Å². The average Bonchev–Trinajstić information content (AvgIpc) is 3.26. The maximum Gasteiger partial charge on any atom is 0.273 e. The number of hydrogen-bond acceptors (Lipinski definition) is 4. The molecule has 158 valence electrons. The topological polar surface area (TPSA) is 71.8 Å². The third kappa shape index (κ3) is 5.80. The quantitative estimate of drug-likeness (QED) is 0.743. The number of benzene rings is 1. The lowest BCUT2D eigenvalue weighted by molar-refractivity contribution is 0.0923. The van der Waals surface area contributed by atoms with Crippen LogP contribution in [0.5, 0.6) is 0 Å². The second kappa shape index (κ2) is 10.7. The molecule has 1 aromatic heterocycles. The molecule has 2 heterocycles. The Bertz CT molecular complexity index is 754. The predicted octanol–water partition coefficient (Wildman–Crippen LogP) is 4.07. The Balaban J connectivity index is 0.00000240. The second-order valence-corrected chi connectivity index (χ2v) is 8.24. The normalized spacial score (nSPS) is 19.3. The Kier molecular flexibility index (Phi) is 8.07. The summed E-state index contributed by atoms with van der Waals surface area (Å²) in [6.07, 6.45) is 11.4. The fourth-order valence-electron chi connectivity index (χ4n) is 4.58. The van der Waals surface area contributed by atoms with E-state index in [1.807, 2.05) is 29.1 Å². The molecule has 2 N–H and O–H groups in total. The number of aromatic nitrogens is 3. The van der Waals surface area contributed by atoms with E-state index < -0.39 is 0 Å². The third-order valence-corrected chi connectivity index (χ3v) is 6.23. The minimum absolute atomic E-state index is 0. The van der Waals surface area contributed by atoms with Crippen LogP contribution in [0.1, 0.15) is 79.5 Å². The summed E-state index contributed by atoms with van der Waals surface area (Å²) in [7, 11) is 0. The summed E-state index contributed by atoms with van der Waals surface area (Å²) in [5.41, 5.74) is 1.59. The lowest BCUT2D eigenvalue weighted by Crippen LogP contribution is -2.31. The fraction of sp³-hybridized carbons (Fsp3) is 0.591. The molecule has 7 heteroatoms. The molecule has 1 aromatic carbocycles. The zero-order chi connectivity index (χ0) is 19.2. The van der Waals surface area contributed by atoms with E-state index in [1.165, 1.54) is 37.7 Å². The van der Waals surface area contributed by atoms with Gasteiger partial charge < -0.3 is 10.6 Å². The Hall–Kier alpha value is -1.92. The number of piperidine rings is 1. The largest absolute Gasteiger partial charge is 0.344 e. The maximum atomic E-state index is 12.9. The van der Waals surface area contributed by atoms with Gasteiger partial charge >= 0.3 is 0 Å². The van der Waals surface area contributed by atoms with Crippen molar-refractivity contribution in [2.24, 2.45) is 5.92 Å². The molecular weight excluding hydrogens is 386 g/mol. The number of amides is 1. The lowest BCUT2D eigenvalue weighted by Gasteiger charge is -2.27. The van der Waals surface area contributed by atoms with Crippen LogP contribution in [0.4, 0.5) is 0 Å². The monoisotopic (exact) mass is 417 g/mol. The highest BCUT2D eigenvalue weighted by Gasteiger charge is 2.24. The van der Waals surface area contributed by atoms with Gasteiger partial charge in [-0.2, -0.15) is 0 Å². The molecule has 0 spiro atoms. The fourth-order valence-corrected chi connectivity index (χ4v) is 4.58. The number of carbonyl (C=O) groups excluding carboxylic acids is 1. The van der Waals surface area contributed by atoms with Crippen LogP contribution in [0.15, 0.2) is 36.5 Å². The minimum Gasteiger partial charge on any atom is -0.344 e. The first-order valence-electron chi connectivity index (χ1n) is 10.8. The highest BCUT2D eigenvalue weighted by atomic mass is 35.5. The SMILES string of the molecule is Cl.O=C(NC(CC1CCCCC1)c1ccccc1)c1cn(C2CCNCC2)nn1. The van der Waals surface area contributed by atoms with Gasteiger partial charge in [-0.1, -0.05) is 67.6 Å². The molecule has 2 aliphatic rings. The summed E-state index contributed by atoms with van der Waals surface area (Å²) in [5.74, 6) is 0.564. The van der Waals surface area contributed by atoms with Crippen molar-refractivity contribution in [3.8, 4) is 0 Å². The summed E-state index contributed by atoms with van der Waals surface area (Å²) in [6, 6.07) is 10.7. The minimum atomic E-state index is -0.121. The highest BCUT2D eigenvalue weighted by molar-refractivity contribution is 5.92. The van der Waals surface area contributed by atoms with Gasteiger partial charge in [0.1, 0.15) is 0 Å². The van der Waals surface area contributed by atoms with Gasteiger partial charge in [-0.3, -0.25) is 4.79 Å². The van der Waals surface area contributed by atoms with Crippen molar-refractivity contribution in [3.63, 3.8) is 0 Å². The molecular formula is C22H32ClN5O. The van der Waals surface area contributed by atoms with E-state index in [1.54, 1.807) is 0 Å². The smallest absolute Gasteiger partial charge is 0.273 e. The van der Waals surface area contributed by atoms with Crippen LogP contribution in [0.25, 0.3) is 0 Å². The van der Waals surface area contributed by atoms with E-state index in [0.717, 1.165) is 32.4 Å². The molecule has 1 unspecified atom stereocenters. The van der Waals surface area contributed by atoms with Crippen LogP contribution >= 0.6 is 12.4 Å². The van der Waals surface area contributed by atoms with Crippen molar-refractivity contribution in [2.45, 2.75) is 63.5 Å². The zero-order valence-electron chi connectivity index (χ0n) is 16.9. The Morgan fingerprint density at radius 1 is 1.10 bits per heavy atom. The average molecular weight is 418 g/mol. The Morgan fingerprint density at radius 3 is 2.55 bits per heavy atom. The number of carbonyl (C=O) groups is 1. The van der Waals surface area contributed by atoms with Gasteiger partial charge in [0.25, 0.3) is 5.91 Å². The summed E-state index contributed by atoms with van der Waals surface area (Å²) in [6.45, 7) is 1.98. The number of halogens is 1. The molecule has 0 bridgehead atoms. The standard InChI is InChI=1S/C22H31N5O.ClH/c28-22(21-16-27(26-25-21)19-11-13-23-14-12-19)24-20(18-9-5-2-6-10-18)15-17-7-3-1-4-8-17;/h2,5-6,9-10,16-17,19-20,23H,1,3-4,7-8,11-15H2,(H,24,28);1H. The number of rotatable bonds is 6. The second-order valence-electron chi connectivity index (χ2n) is 8.24. The Labute approximate surface area is 179 Å². The Morgan fingerprint density at radius 2 is 1.83 bits per heavy atom. The predicted molar refractivity (Wildman–Crippen MR) is 116 cm³/mol. The number of nitrogens with one attached hydrogen (secondary N) is 2. The van der Waals surface area contributed by atoms with Gasteiger partial charge in [0, 0.05) is 0 Å². The van der Waals surface area contributed by atoms with Crippen molar-refractivity contribution < 1.29 is 4.79 Å². The van der Waals surface area contributed by atoms with Crippen molar-refractivity contribution >= 4 is 18.3 Å². The van der Waals surface area contributed by atoms with Crippen LogP contribution in [0.2, 0.25) is 0 Å². The van der Waals surface area contributed by atoms with Gasteiger partial charge in [0.2, 0.25) is 0 Å². The van der Waals surface area contributed by atoms with Gasteiger partial charge in [-0.15, -0.1) is 17.5 Å². The molecule has 0 radical (unpaired) electrons. The third-order valence-electron chi connectivity index (χ3n) is 6.23. The molecule has 2 aromatic rings. The summed E-state index contributed by atoms with van der Waals surface area (Å²) in [5, 5.41) is 15.0.